The quantitative estimate of drug-likeness (QED) is 0.375. The largest absolute Gasteiger partial charge is 0.289 e. The van der Waals surface area contributed by atoms with Crippen LogP contribution in [0.1, 0.15) is 21.5 Å². The Labute approximate surface area is 138 Å². The monoisotopic (exact) mass is 325 g/mol. The van der Waals surface area contributed by atoms with Gasteiger partial charge in [-0.05, 0) is 48.9 Å². The van der Waals surface area contributed by atoms with Crippen molar-refractivity contribution in [1.29, 1.82) is 0 Å². The van der Waals surface area contributed by atoms with Gasteiger partial charge in [-0.3, -0.25) is 4.79 Å². The maximum atomic E-state index is 13.2. The van der Waals surface area contributed by atoms with Gasteiger partial charge in [0, 0.05) is 16.5 Å². The highest BCUT2D eigenvalue weighted by molar-refractivity contribution is 6.31. The van der Waals surface area contributed by atoms with E-state index >= 15 is 0 Å². The number of allylic oxidation sites excluding steroid dienone is 1. The van der Waals surface area contributed by atoms with Gasteiger partial charge in [0.05, 0.1) is 5.52 Å². The van der Waals surface area contributed by atoms with E-state index < -0.39 is 5.82 Å². The van der Waals surface area contributed by atoms with Crippen LogP contribution in [0.2, 0.25) is 5.15 Å². The molecule has 4 heteroatoms. The zero-order valence-corrected chi connectivity index (χ0v) is 13.1. The van der Waals surface area contributed by atoms with E-state index in [4.69, 9.17) is 11.6 Å². The molecule has 0 N–H and O–H groups in total. The van der Waals surface area contributed by atoms with Gasteiger partial charge in [0.15, 0.2) is 5.78 Å². The minimum atomic E-state index is -0.440. The lowest BCUT2D eigenvalue weighted by atomic mass is 10.1. The summed E-state index contributed by atoms with van der Waals surface area (Å²) in [4.78, 5) is 16.4. The zero-order chi connectivity index (χ0) is 16.4. The lowest BCUT2D eigenvalue weighted by Crippen LogP contribution is -1.95. The molecule has 0 radical (unpaired) electrons. The molecule has 0 fully saturated rings. The fourth-order valence-electron chi connectivity index (χ4n) is 2.29. The van der Waals surface area contributed by atoms with Crippen LogP contribution in [0, 0.1) is 12.7 Å². The maximum absolute atomic E-state index is 13.2. The second-order valence-electron chi connectivity index (χ2n) is 5.27. The molecule has 23 heavy (non-hydrogen) atoms. The third-order valence-corrected chi connectivity index (χ3v) is 3.78. The number of aromatic nitrogens is 1. The number of hydrogen-bond donors (Lipinski definition) is 0. The third kappa shape index (κ3) is 3.46. The van der Waals surface area contributed by atoms with Gasteiger partial charge in [-0.2, -0.15) is 0 Å². The first kappa shape index (κ1) is 15.4. The van der Waals surface area contributed by atoms with Crippen LogP contribution in [0.5, 0.6) is 0 Å². The average molecular weight is 326 g/mol. The number of halogens is 2. The summed E-state index contributed by atoms with van der Waals surface area (Å²) >= 11 is 6.18. The van der Waals surface area contributed by atoms with Crippen molar-refractivity contribution in [2.75, 3.05) is 0 Å². The summed E-state index contributed by atoms with van der Waals surface area (Å²) in [5.74, 6) is -0.727. The van der Waals surface area contributed by atoms with Crippen LogP contribution in [-0.2, 0) is 0 Å². The van der Waals surface area contributed by atoms with Crippen molar-refractivity contribution in [3.8, 4) is 0 Å². The Morgan fingerprint density at radius 2 is 2.00 bits per heavy atom. The van der Waals surface area contributed by atoms with Crippen molar-refractivity contribution in [2.24, 2.45) is 0 Å². The molecule has 0 bridgehead atoms. The van der Waals surface area contributed by atoms with Gasteiger partial charge in [-0.1, -0.05) is 35.9 Å². The fraction of sp³-hybridized carbons (Fsp3) is 0.0526. The Morgan fingerprint density at radius 3 is 2.78 bits per heavy atom. The molecule has 3 rings (SSSR count). The summed E-state index contributed by atoms with van der Waals surface area (Å²) in [5.41, 5.74) is 2.85. The first-order valence-corrected chi connectivity index (χ1v) is 7.45. The number of ketones is 1. The summed E-state index contributed by atoms with van der Waals surface area (Å²) < 4.78 is 13.2. The maximum Gasteiger partial charge on any atom is 0.185 e. The number of carbonyl (C=O) groups is 1. The molecule has 0 spiro atoms. The molecule has 0 atom stereocenters. The Balaban J connectivity index is 1.93. The van der Waals surface area contributed by atoms with E-state index in [1.807, 2.05) is 31.2 Å². The Morgan fingerprint density at radius 1 is 1.17 bits per heavy atom. The molecule has 1 heterocycles. The van der Waals surface area contributed by atoms with Crippen molar-refractivity contribution < 1.29 is 9.18 Å². The normalized spacial score (nSPS) is 11.3. The number of fused-ring (bicyclic) bond motifs is 1. The molecule has 0 saturated carbocycles. The van der Waals surface area contributed by atoms with Crippen molar-refractivity contribution in [1.82, 2.24) is 4.98 Å². The van der Waals surface area contributed by atoms with Gasteiger partial charge in [-0.25, -0.2) is 9.37 Å². The molecule has 0 unspecified atom stereocenters. The van der Waals surface area contributed by atoms with Crippen molar-refractivity contribution >= 4 is 34.4 Å². The van der Waals surface area contributed by atoms with E-state index in [0.29, 0.717) is 16.3 Å². The van der Waals surface area contributed by atoms with Gasteiger partial charge in [0.25, 0.3) is 0 Å². The van der Waals surface area contributed by atoms with Gasteiger partial charge >= 0.3 is 0 Å². The standard InChI is InChI=1S/C19H13ClFNO/c1-12-5-6-13-10-15(19(20)22-17(13)9-12)7-8-18(23)14-3-2-4-16(21)11-14/h2-11H,1H3/b8-7+. The van der Waals surface area contributed by atoms with Crippen molar-refractivity contribution in [2.45, 2.75) is 6.92 Å². The van der Waals surface area contributed by atoms with E-state index in [9.17, 15) is 9.18 Å². The van der Waals surface area contributed by atoms with Crippen LogP contribution in [-0.4, -0.2) is 10.8 Å². The predicted molar refractivity (Wildman–Crippen MR) is 91.3 cm³/mol. The number of aryl methyl sites for hydroxylation is 1. The van der Waals surface area contributed by atoms with E-state index in [1.165, 1.54) is 24.3 Å². The Hall–Kier alpha value is -2.52. The summed E-state index contributed by atoms with van der Waals surface area (Å²) in [7, 11) is 0. The molecule has 1 aromatic heterocycles. The molecule has 114 valence electrons. The van der Waals surface area contributed by atoms with Gasteiger partial charge in [0.2, 0.25) is 0 Å². The summed E-state index contributed by atoms with van der Waals surface area (Å²) in [6, 6.07) is 13.3. The molecule has 0 amide bonds. The van der Waals surface area contributed by atoms with Crippen LogP contribution in [0.15, 0.2) is 54.6 Å². The summed E-state index contributed by atoms with van der Waals surface area (Å²) in [6.45, 7) is 1.99. The highest BCUT2D eigenvalue weighted by Gasteiger charge is 2.06. The highest BCUT2D eigenvalue weighted by Crippen LogP contribution is 2.22. The number of rotatable bonds is 3. The molecular formula is C19H13ClFNO. The number of benzene rings is 2. The van der Waals surface area contributed by atoms with Gasteiger partial charge in [0.1, 0.15) is 11.0 Å². The molecule has 2 aromatic carbocycles. The summed E-state index contributed by atoms with van der Waals surface area (Å²) in [5, 5.41) is 1.27. The molecule has 2 nitrogen and oxygen atoms in total. The second kappa shape index (κ2) is 6.31. The van der Waals surface area contributed by atoms with Crippen LogP contribution < -0.4 is 0 Å². The minimum Gasteiger partial charge on any atom is -0.289 e. The third-order valence-electron chi connectivity index (χ3n) is 3.48. The van der Waals surface area contributed by atoms with Crippen LogP contribution in [0.25, 0.3) is 17.0 Å². The van der Waals surface area contributed by atoms with E-state index in [-0.39, 0.29) is 5.78 Å². The molecule has 0 aliphatic carbocycles. The number of hydrogen-bond acceptors (Lipinski definition) is 2. The van der Waals surface area contributed by atoms with Crippen LogP contribution in [0.4, 0.5) is 4.39 Å². The smallest absolute Gasteiger partial charge is 0.185 e. The highest BCUT2D eigenvalue weighted by atomic mass is 35.5. The minimum absolute atomic E-state index is 0.287. The first-order chi connectivity index (χ1) is 11.0. The van der Waals surface area contributed by atoms with E-state index in [1.54, 1.807) is 12.1 Å². The Bertz CT molecular complexity index is 934. The van der Waals surface area contributed by atoms with Crippen molar-refractivity contribution in [3.05, 3.63) is 82.3 Å². The van der Waals surface area contributed by atoms with Gasteiger partial charge in [-0.15, -0.1) is 0 Å². The van der Waals surface area contributed by atoms with E-state index in [0.717, 1.165) is 16.5 Å². The number of nitrogens with zero attached hydrogens (tertiary/aromatic N) is 1. The average Bonchev–Trinajstić information content (AvgIpc) is 2.52. The zero-order valence-electron chi connectivity index (χ0n) is 12.4. The first-order valence-electron chi connectivity index (χ1n) is 7.08. The lowest BCUT2D eigenvalue weighted by Gasteiger charge is -2.03. The number of carbonyl (C=O) groups excluding carboxylic acids is 1. The van der Waals surface area contributed by atoms with Gasteiger partial charge < -0.3 is 0 Å². The molecular weight excluding hydrogens is 313 g/mol. The SMILES string of the molecule is Cc1ccc2cc(/C=C/C(=O)c3cccc(F)c3)c(Cl)nc2c1. The fourth-order valence-corrected chi connectivity index (χ4v) is 2.50. The second-order valence-corrected chi connectivity index (χ2v) is 5.63. The number of pyridine rings is 1. The van der Waals surface area contributed by atoms with Crippen molar-refractivity contribution in [3.63, 3.8) is 0 Å². The molecule has 3 aromatic rings. The van der Waals surface area contributed by atoms with Crippen LogP contribution >= 0.6 is 11.6 Å². The van der Waals surface area contributed by atoms with E-state index in [2.05, 4.69) is 4.98 Å². The predicted octanol–water partition coefficient (Wildman–Crippen LogP) is 5.23. The summed E-state index contributed by atoms with van der Waals surface area (Å²) in [6.07, 6.45) is 2.97. The molecule has 0 saturated heterocycles. The molecule has 0 aliphatic heterocycles. The Kier molecular flexibility index (Phi) is 4.22. The van der Waals surface area contributed by atoms with Crippen LogP contribution in [0.3, 0.4) is 0 Å². The topological polar surface area (TPSA) is 30.0 Å². The molecule has 0 aliphatic rings. The lowest BCUT2D eigenvalue weighted by molar-refractivity contribution is 0.104.